The first kappa shape index (κ1) is 39.2. The van der Waals surface area contributed by atoms with Crippen LogP contribution in [0.4, 0.5) is 0 Å². The topological polar surface area (TPSA) is 174 Å². The lowest BCUT2D eigenvalue weighted by Gasteiger charge is -2.25. The number of aryl methyl sites for hydroxylation is 1. The minimum Gasteiger partial charge on any atom is -0.496 e. The summed E-state index contributed by atoms with van der Waals surface area (Å²) >= 11 is 0. The standard InChI is InChI=1S/C38H47N5O9/c1-25-36(46)40-22-28-13-15-29(21-32(28)51-4)52-33-20-27(14-17-31(33)50-3)37(47)39-18-8-9-19-43(35(45)24-49-2)23-34(44)42-30(38(48)41-25)16-12-26-10-6-5-7-11-26/h5-7,10-11,13-15,17,20-21,25,30H,8-9,12,16,18-19,22-24H2,1-4H3,(H,39,47)(H,40,46)(H,41,48)(H,42,44)/t25-,30-/m0/s1. The minimum atomic E-state index is -0.990. The fourth-order valence-corrected chi connectivity index (χ4v) is 5.55. The van der Waals surface area contributed by atoms with E-state index in [0.717, 1.165) is 5.56 Å². The number of hydrogen-bond donors (Lipinski definition) is 4. The Labute approximate surface area is 303 Å². The number of nitrogens with one attached hydrogen (secondary N) is 4. The zero-order chi connectivity index (χ0) is 37.5. The summed E-state index contributed by atoms with van der Waals surface area (Å²) in [4.78, 5) is 67.3. The molecule has 2 aliphatic rings. The molecule has 0 radical (unpaired) electrons. The van der Waals surface area contributed by atoms with E-state index >= 15 is 0 Å². The number of amides is 5. The summed E-state index contributed by atoms with van der Waals surface area (Å²) in [6.07, 6.45) is 1.72. The number of rotatable bonds is 7. The van der Waals surface area contributed by atoms with E-state index in [9.17, 15) is 24.0 Å². The van der Waals surface area contributed by atoms with Crippen molar-refractivity contribution in [3.05, 3.63) is 83.4 Å². The minimum absolute atomic E-state index is 0.0843. The molecule has 0 fully saturated rings. The molecule has 2 aliphatic heterocycles. The van der Waals surface area contributed by atoms with Gasteiger partial charge >= 0.3 is 0 Å². The average molecular weight is 718 g/mol. The van der Waals surface area contributed by atoms with Gasteiger partial charge in [0.25, 0.3) is 5.91 Å². The van der Waals surface area contributed by atoms with Gasteiger partial charge in [-0.2, -0.15) is 0 Å². The van der Waals surface area contributed by atoms with Crippen molar-refractivity contribution in [2.24, 2.45) is 0 Å². The van der Waals surface area contributed by atoms with E-state index < -0.39 is 35.7 Å². The highest BCUT2D eigenvalue weighted by atomic mass is 16.5. The molecule has 4 N–H and O–H groups in total. The van der Waals surface area contributed by atoms with Crippen molar-refractivity contribution < 1.29 is 42.9 Å². The molecule has 0 aromatic heterocycles. The first-order valence-electron chi connectivity index (χ1n) is 17.1. The second-order valence-corrected chi connectivity index (χ2v) is 12.2. The molecule has 2 heterocycles. The Morgan fingerprint density at radius 2 is 1.63 bits per heavy atom. The molecular formula is C38H47N5O9. The van der Waals surface area contributed by atoms with Crippen LogP contribution < -0.4 is 35.5 Å². The maximum Gasteiger partial charge on any atom is 0.251 e. The molecule has 5 rings (SSSR count). The highest BCUT2D eigenvalue weighted by Gasteiger charge is 2.26. The van der Waals surface area contributed by atoms with E-state index in [1.807, 2.05) is 30.3 Å². The lowest BCUT2D eigenvalue weighted by Crippen LogP contribution is -2.54. The zero-order valence-corrected chi connectivity index (χ0v) is 30.0. The Morgan fingerprint density at radius 1 is 0.865 bits per heavy atom. The van der Waals surface area contributed by atoms with Crippen LogP contribution in [0.1, 0.15) is 47.7 Å². The number of hydrogen-bond acceptors (Lipinski definition) is 9. The summed E-state index contributed by atoms with van der Waals surface area (Å²) in [5, 5.41) is 11.2. The first-order valence-corrected chi connectivity index (χ1v) is 17.1. The molecule has 4 bridgehead atoms. The second kappa shape index (κ2) is 19.7. The Bertz CT molecular complexity index is 1700. The SMILES string of the molecule is COCC(=O)N1CCCCNC(=O)c2ccc(OC)c(c2)Oc2ccc(c(OC)c2)CNC(=O)[C@H](C)NC(=O)[C@H](CCc2ccccc2)NC(=O)C1. The predicted molar refractivity (Wildman–Crippen MR) is 192 cm³/mol. The van der Waals surface area contributed by atoms with Crippen LogP contribution in [-0.2, 0) is 36.9 Å². The number of methoxy groups -OCH3 is 3. The summed E-state index contributed by atoms with van der Waals surface area (Å²) in [7, 11) is 4.37. The fraction of sp³-hybridized carbons (Fsp3) is 0.395. The van der Waals surface area contributed by atoms with Gasteiger partial charge in [-0.15, -0.1) is 0 Å². The summed E-state index contributed by atoms with van der Waals surface area (Å²) in [5.74, 6) is -0.699. The van der Waals surface area contributed by atoms with Crippen molar-refractivity contribution in [2.45, 2.75) is 51.2 Å². The van der Waals surface area contributed by atoms with Crippen LogP contribution in [0.25, 0.3) is 0 Å². The zero-order valence-electron chi connectivity index (χ0n) is 30.0. The van der Waals surface area contributed by atoms with Gasteiger partial charge in [0.1, 0.15) is 30.2 Å². The monoisotopic (exact) mass is 717 g/mol. The average Bonchev–Trinajstić information content (AvgIpc) is 3.14. The molecule has 0 unspecified atom stereocenters. The van der Waals surface area contributed by atoms with E-state index in [0.29, 0.717) is 59.9 Å². The quantitative estimate of drug-likeness (QED) is 0.268. The third-order valence-corrected chi connectivity index (χ3v) is 8.43. The molecule has 14 heteroatoms. The summed E-state index contributed by atoms with van der Waals surface area (Å²) < 4.78 is 22.2. The van der Waals surface area contributed by atoms with Crippen molar-refractivity contribution in [1.29, 1.82) is 0 Å². The second-order valence-electron chi connectivity index (χ2n) is 12.2. The predicted octanol–water partition coefficient (Wildman–Crippen LogP) is 2.73. The van der Waals surface area contributed by atoms with Crippen LogP contribution in [0.3, 0.4) is 0 Å². The van der Waals surface area contributed by atoms with E-state index in [-0.39, 0.29) is 38.6 Å². The molecule has 5 amide bonds. The molecule has 52 heavy (non-hydrogen) atoms. The van der Waals surface area contributed by atoms with Gasteiger partial charge < -0.3 is 45.1 Å². The van der Waals surface area contributed by atoms with Crippen molar-refractivity contribution in [3.63, 3.8) is 0 Å². The van der Waals surface area contributed by atoms with Crippen LogP contribution in [-0.4, -0.2) is 94.1 Å². The lowest BCUT2D eigenvalue weighted by molar-refractivity contribution is -0.140. The number of fused-ring (bicyclic) bond motifs is 18. The van der Waals surface area contributed by atoms with Crippen molar-refractivity contribution in [1.82, 2.24) is 26.2 Å². The first-order chi connectivity index (χ1) is 25.1. The highest BCUT2D eigenvalue weighted by molar-refractivity contribution is 5.95. The summed E-state index contributed by atoms with van der Waals surface area (Å²) in [6, 6.07) is 17.5. The molecule has 3 aromatic carbocycles. The van der Waals surface area contributed by atoms with Gasteiger partial charge in [-0.25, -0.2) is 0 Å². The highest BCUT2D eigenvalue weighted by Crippen LogP contribution is 2.34. The van der Waals surface area contributed by atoms with Gasteiger partial charge in [-0.1, -0.05) is 30.3 Å². The molecule has 278 valence electrons. The maximum atomic E-state index is 13.5. The van der Waals surface area contributed by atoms with Gasteiger partial charge in [0.05, 0.1) is 20.8 Å². The van der Waals surface area contributed by atoms with Gasteiger partial charge in [-0.3, -0.25) is 24.0 Å². The van der Waals surface area contributed by atoms with Gasteiger partial charge in [0.15, 0.2) is 11.5 Å². The third kappa shape index (κ3) is 11.5. The molecule has 0 saturated heterocycles. The lowest BCUT2D eigenvalue weighted by atomic mass is 10.0. The van der Waals surface area contributed by atoms with Crippen LogP contribution >= 0.6 is 0 Å². The summed E-state index contributed by atoms with van der Waals surface area (Å²) in [6.45, 7) is 1.62. The van der Waals surface area contributed by atoms with Gasteiger partial charge in [0, 0.05) is 43.9 Å². The van der Waals surface area contributed by atoms with Crippen molar-refractivity contribution in [3.8, 4) is 23.0 Å². The van der Waals surface area contributed by atoms with Gasteiger partial charge in [-0.05, 0) is 68.5 Å². The third-order valence-electron chi connectivity index (χ3n) is 8.43. The summed E-state index contributed by atoms with van der Waals surface area (Å²) in [5.41, 5.74) is 1.96. The Balaban J connectivity index is 1.59. The van der Waals surface area contributed by atoms with E-state index in [4.69, 9.17) is 18.9 Å². The van der Waals surface area contributed by atoms with Crippen LogP contribution in [0.5, 0.6) is 23.0 Å². The number of nitrogens with zero attached hydrogens (tertiary/aromatic N) is 1. The molecule has 0 saturated carbocycles. The van der Waals surface area contributed by atoms with E-state index in [2.05, 4.69) is 21.3 Å². The molecule has 3 aromatic rings. The van der Waals surface area contributed by atoms with E-state index in [1.54, 1.807) is 43.3 Å². The number of benzene rings is 3. The Hall–Kier alpha value is -5.63. The largest absolute Gasteiger partial charge is 0.496 e. The molecular weight excluding hydrogens is 670 g/mol. The van der Waals surface area contributed by atoms with Crippen LogP contribution in [0.15, 0.2) is 66.7 Å². The molecule has 0 spiro atoms. The molecule has 0 aliphatic carbocycles. The smallest absolute Gasteiger partial charge is 0.251 e. The van der Waals surface area contributed by atoms with E-state index in [1.165, 1.54) is 26.2 Å². The van der Waals surface area contributed by atoms with Crippen LogP contribution in [0, 0.1) is 0 Å². The maximum absolute atomic E-state index is 13.5. The number of ether oxygens (including phenoxy) is 4. The fourth-order valence-electron chi connectivity index (χ4n) is 5.55. The van der Waals surface area contributed by atoms with Crippen molar-refractivity contribution >= 4 is 29.5 Å². The van der Waals surface area contributed by atoms with Crippen molar-refractivity contribution in [2.75, 3.05) is 47.6 Å². The Morgan fingerprint density at radius 3 is 2.37 bits per heavy atom. The number of carbonyl (C=O) groups excluding carboxylic acids is 5. The molecule has 14 nitrogen and oxygen atoms in total. The normalized spacial score (nSPS) is 18.0. The number of carbonyl (C=O) groups is 5. The van der Waals surface area contributed by atoms with Crippen LogP contribution in [0.2, 0.25) is 0 Å². The Kier molecular flexibility index (Phi) is 14.8. The molecule has 2 atom stereocenters. The van der Waals surface area contributed by atoms with Gasteiger partial charge in [0.2, 0.25) is 23.6 Å².